The number of carbonyl (C=O) groups excluding carboxylic acids is 1. The summed E-state index contributed by atoms with van der Waals surface area (Å²) < 4.78 is 6.43. The van der Waals surface area contributed by atoms with Gasteiger partial charge in [-0.05, 0) is 30.5 Å². The molecule has 1 aliphatic heterocycles. The van der Waals surface area contributed by atoms with Crippen molar-refractivity contribution in [1.82, 2.24) is 15.1 Å². The number of ether oxygens (including phenoxy) is 1. The smallest absolute Gasteiger partial charge is 0.266 e. The minimum Gasteiger partial charge on any atom is -0.397 e. The fraction of sp³-hybridized carbons (Fsp3) is 0.240. The number of hydrogen-bond donors (Lipinski definition) is 1. The van der Waals surface area contributed by atoms with E-state index in [1.807, 2.05) is 62.4 Å². The predicted molar refractivity (Wildman–Crippen MR) is 127 cm³/mol. The summed E-state index contributed by atoms with van der Waals surface area (Å²) in [5.41, 5.74) is 10.3. The molecule has 0 bridgehead atoms. The lowest BCUT2D eigenvalue weighted by Crippen LogP contribution is -2.62. The lowest BCUT2D eigenvalue weighted by molar-refractivity contribution is -0.144. The molecule has 5 rings (SSSR count). The summed E-state index contributed by atoms with van der Waals surface area (Å²) in [6.45, 7) is 5.29. The number of likely N-dealkylation sites (tertiary alicyclic amines) is 1. The van der Waals surface area contributed by atoms with Gasteiger partial charge >= 0.3 is 0 Å². The number of benzene rings is 2. The number of aryl methyl sites for hydroxylation is 2. The molecule has 7 heteroatoms. The normalized spacial score (nSPS) is 15.0. The SMILES string of the molecule is Cc1nnc2sc(C(=O)N3CC(OCc4ccccc4)(c4ccccc4)C3)c(N)c2c1C. The minimum absolute atomic E-state index is 0.0857. The number of hydrogen-bond acceptors (Lipinski definition) is 6. The van der Waals surface area contributed by atoms with Crippen LogP contribution >= 0.6 is 11.3 Å². The Morgan fingerprint density at radius 1 is 1.06 bits per heavy atom. The number of thiophene rings is 1. The molecule has 2 aromatic carbocycles. The maximum Gasteiger partial charge on any atom is 0.266 e. The van der Waals surface area contributed by atoms with Crippen LogP contribution in [0.15, 0.2) is 60.7 Å². The molecular weight excluding hydrogens is 420 g/mol. The quantitative estimate of drug-likeness (QED) is 0.492. The Morgan fingerprint density at radius 2 is 1.72 bits per heavy atom. The first-order chi connectivity index (χ1) is 15.5. The van der Waals surface area contributed by atoms with Crippen LogP contribution in [0.4, 0.5) is 5.69 Å². The molecule has 2 aromatic heterocycles. The highest BCUT2D eigenvalue weighted by Crippen LogP contribution is 2.41. The second kappa shape index (κ2) is 8.00. The zero-order valence-corrected chi connectivity index (χ0v) is 18.9. The molecule has 4 aromatic rings. The third-order valence-electron chi connectivity index (χ3n) is 6.17. The van der Waals surface area contributed by atoms with E-state index in [2.05, 4.69) is 22.3 Å². The van der Waals surface area contributed by atoms with Gasteiger partial charge in [-0.1, -0.05) is 60.7 Å². The summed E-state index contributed by atoms with van der Waals surface area (Å²) in [4.78, 5) is 16.4. The number of nitrogens with two attached hydrogens (primary N) is 1. The highest BCUT2D eigenvalue weighted by atomic mass is 32.1. The number of nitrogens with zero attached hydrogens (tertiary/aromatic N) is 3. The summed E-state index contributed by atoms with van der Waals surface area (Å²) in [6, 6.07) is 20.2. The van der Waals surface area contributed by atoms with E-state index in [1.54, 1.807) is 4.90 Å². The molecule has 1 saturated heterocycles. The molecule has 3 heterocycles. The molecule has 2 N–H and O–H groups in total. The van der Waals surface area contributed by atoms with E-state index in [1.165, 1.54) is 11.3 Å². The Balaban J connectivity index is 1.41. The maximum atomic E-state index is 13.4. The van der Waals surface area contributed by atoms with Crippen molar-refractivity contribution in [3.63, 3.8) is 0 Å². The van der Waals surface area contributed by atoms with Crippen LogP contribution in [-0.2, 0) is 16.9 Å². The first-order valence-electron chi connectivity index (χ1n) is 10.5. The first kappa shape index (κ1) is 20.6. The van der Waals surface area contributed by atoms with Crippen molar-refractivity contribution in [2.75, 3.05) is 18.8 Å². The Morgan fingerprint density at radius 3 is 2.41 bits per heavy atom. The number of carbonyl (C=O) groups is 1. The van der Waals surface area contributed by atoms with E-state index < -0.39 is 5.60 Å². The topological polar surface area (TPSA) is 81.3 Å². The number of nitrogen functional groups attached to an aromatic ring is 1. The lowest BCUT2D eigenvalue weighted by atomic mass is 9.85. The number of fused-ring (bicyclic) bond motifs is 1. The standard InChI is InChI=1S/C25H24N4O2S/c1-16-17(2)27-28-23-20(16)21(26)22(32-23)24(30)29-14-25(15-29,19-11-7-4-8-12-19)31-13-18-9-5-3-6-10-18/h3-12H,13-15,26H2,1-2H3. The molecule has 0 unspecified atom stereocenters. The predicted octanol–water partition coefficient (Wildman–Crippen LogP) is 4.46. The Labute approximate surface area is 190 Å². The van der Waals surface area contributed by atoms with Gasteiger partial charge in [0.1, 0.15) is 15.3 Å². The largest absolute Gasteiger partial charge is 0.397 e. The molecule has 1 aliphatic rings. The van der Waals surface area contributed by atoms with Crippen LogP contribution in [-0.4, -0.2) is 34.1 Å². The molecule has 1 fully saturated rings. The fourth-order valence-corrected chi connectivity index (χ4v) is 5.22. The summed E-state index contributed by atoms with van der Waals surface area (Å²) >= 11 is 1.31. The summed E-state index contributed by atoms with van der Waals surface area (Å²) in [5, 5.41) is 9.25. The van der Waals surface area contributed by atoms with E-state index in [4.69, 9.17) is 10.5 Å². The second-order valence-electron chi connectivity index (χ2n) is 8.23. The van der Waals surface area contributed by atoms with Gasteiger partial charge in [0.05, 0.1) is 31.1 Å². The Bertz CT molecular complexity index is 1280. The molecular formula is C25H24N4O2S. The molecule has 0 saturated carbocycles. The van der Waals surface area contributed by atoms with Gasteiger partial charge in [-0.3, -0.25) is 4.79 Å². The molecule has 0 atom stereocenters. The van der Waals surface area contributed by atoms with Crippen molar-refractivity contribution < 1.29 is 9.53 Å². The van der Waals surface area contributed by atoms with Crippen molar-refractivity contribution >= 4 is 33.1 Å². The third kappa shape index (κ3) is 3.43. The van der Waals surface area contributed by atoms with Gasteiger partial charge in [0.15, 0.2) is 0 Å². The van der Waals surface area contributed by atoms with Crippen molar-refractivity contribution in [3.05, 3.63) is 87.9 Å². The molecule has 1 amide bonds. The molecule has 6 nitrogen and oxygen atoms in total. The van der Waals surface area contributed by atoms with Crippen molar-refractivity contribution in [1.29, 1.82) is 0 Å². The average molecular weight is 445 g/mol. The summed E-state index contributed by atoms with van der Waals surface area (Å²) in [7, 11) is 0. The van der Waals surface area contributed by atoms with Gasteiger partial charge in [-0.2, -0.15) is 5.10 Å². The number of aromatic nitrogens is 2. The van der Waals surface area contributed by atoms with E-state index in [-0.39, 0.29) is 5.91 Å². The van der Waals surface area contributed by atoms with Gasteiger partial charge in [-0.25, -0.2) is 0 Å². The van der Waals surface area contributed by atoms with Gasteiger partial charge in [0, 0.05) is 5.39 Å². The Hall–Kier alpha value is -3.29. The van der Waals surface area contributed by atoms with Gasteiger partial charge in [0.25, 0.3) is 5.91 Å². The van der Waals surface area contributed by atoms with Gasteiger partial charge in [0.2, 0.25) is 0 Å². The zero-order chi connectivity index (χ0) is 22.3. The fourth-order valence-electron chi connectivity index (χ4n) is 4.15. The van der Waals surface area contributed by atoms with Crippen LogP contribution in [0.1, 0.15) is 32.1 Å². The third-order valence-corrected chi connectivity index (χ3v) is 7.24. The van der Waals surface area contributed by atoms with E-state index in [9.17, 15) is 4.79 Å². The Kier molecular flexibility index (Phi) is 5.15. The summed E-state index contributed by atoms with van der Waals surface area (Å²) in [6.07, 6.45) is 0. The van der Waals surface area contributed by atoms with E-state index in [0.29, 0.717) is 35.1 Å². The van der Waals surface area contributed by atoms with Crippen LogP contribution in [0.3, 0.4) is 0 Å². The molecule has 162 valence electrons. The highest BCUT2D eigenvalue weighted by Gasteiger charge is 2.48. The average Bonchev–Trinajstić information content (AvgIpc) is 3.13. The van der Waals surface area contributed by atoms with E-state index >= 15 is 0 Å². The second-order valence-corrected chi connectivity index (χ2v) is 9.23. The molecule has 0 spiro atoms. The summed E-state index contributed by atoms with van der Waals surface area (Å²) in [5.74, 6) is -0.0857. The monoisotopic (exact) mass is 444 g/mol. The molecule has 32 heavy (non-hydrogen) atoms. The van der Waals surface area contributed by atoms with Crippen molar-refractivity contribution in [2.45, 2.75) is 26.1 Å². The first-order valence-corrected chi connectivity index (χ1v) is 11.3. The minimum atomic E-state index is -0.537. The van der Waals surface area contributed by atoms with Crippen LogP contribution in [0.2, 0.25) is 0 Å². The van der Waals surface area contributed by atoms with E-state index in [0.717, 1.165) is 27.8 Å². The number of amides is 1. The van der Waals surface area contributed by atoms with Crippen LogP contribution < -0.4 is 5.73 Å². The molecule has 0 aliphatic carbocycles. The van der Waals surface area contributed by atoms with Gasteiger partial charge in [-0.15, -0.1) is 16.4 Å². The maximum absolute atomic E-state index is 13.4. The zero-order valence-electron chi connectivity index (χ0n) is 18.0. The van der Waals surface area contributed by atoms with Crippen LogP contribution in [0.25, 0.3) is 10.2 Å². The molecule has 0 radical (unpaired) electrons. The number of anilines is 1. The lowest BCUT2D eigenvalue weighted by Gasteiger charge is -2.50. The van der Waals surface area contributed by atoms with Crippen LogP contribution in [0, 0.1) is 13.8 Å². The van der Waals surface area contributed by atoms with Gasteiger partial charge < -0.3 is 15.4 Å². The van der Waals surface area contributed by atoms with Crippen molar-refractivity contribution in [3.8, 4) is 0 Å². The van der Waals surface area contributed by atoms with Crippen molar-refractivity contribution in [2.24, 2.45) is 0 Å². The highest BCUT2D eigenvalue weighted by molar-refractivity contribution is 7.21. The van der Waals surface area contributed by atoms with Crippen LogP contribution in [0.5, 0.6) is 0 Å². The number of rotatable bonds is 5.